The molecule has 7 nitrogen and oxygen atoms in total. The average molecular weight is 423 g/mol. The number of phenols is 1. The van der Waals surface area contributed by atoms with Crippen LogP contribution in [0.5, 0.6) is 11.5 Å². The number of hydrogen-bond donors (Lipinski definition) is 2. The van der Waals surface area contributed by atoms with Gasteiger partial charge in [0, 0.05) is 18.5 Å². The summed E-state index contributed by atoms with van der Waals surface area (Å²) in [5.74, 6) is -0.813. The van der Waals surface area contributed by atoms with E-state index in [4.69, 9.17) is 9.47 Å². The molecular weight excluding hydrogens is 398 g/mol. The molecule has 0 aliphatic carbocycles. The van der Waals surface area contributed by atoms with Gasteiger partial charge in [0.1, 0.15) is 17.3 Å². The van der Waals surface area contributed by atoms with Gasteiger partial charge in [-0.2, -0.15) is 0 Å². The number of ether oxygens (including phenoxy) is 2. The fourth-order valence-electron chi connectivity index (χ4n) is 3.99. The third-order valence-corrected chi connectivity index (χ3v) is 5.50. The quantitative estimate of drug-likeness (QED) is 0.421. The van der Waals surface area contributed by atoms with Crippen molar-refractivity contribution in [2.45, 2.75) is 32.4 Å². The van der Waals surface area contributed by atoms with Crippen LogP contribution in [0.4, 0.5) is 0 Å². The number of aliphatic hydroxyl groups excluding tert-OH is 1. The van der Waals surface area contributed by atoms with E-state index < -0.39 is 17.7 Å². The molecule has 2 aromatic carbocycles. The van der Waals surface area contributed by atoms with Crippen molar-refractivity contribution in [1.29, 1.82) is 0 Å². The maximum absolute atomic E-state index is 13.0. The SMILES string of the molecule is CC(C)OCCN1C(=O)C(=O)/C(=C(\O)c2ccc3c(c2)CCO3)C1c1ccc(O)cc1. The molecule has 0 saturated carbocycles. The number of amides is 1. The van der Waals surface area contributed by atoms with E-state index in [0.717, 1.165) is 17.7 Å². The van der Waals surface area contributed by atoms with Crippen molar-refractivity contribution in [2.24, 2.45) is 0 Å². The number of aliphatic hydroxyl groups is 1. The number of aromatic hydroxyl groups is 1. The zero-order valence-electron chi connectivity index (χ0n) is 17.5. The van der Waals surface area contributed by atoms with Gasteiger partial charge in [-0.05, 0) is 55.3 Å². The standard InChI is InChI=1S/C24H25NO6/c1-14(2)30-12-10-25-21(15-3-6-18(26)7-4-15)20(23(28)24(25)29)22(27)17-5-8-19-16(13-17)9-11-31-19/h3-8,13-14,21,26-27H,9-12H2,1-2H3/b22-20-. The van der Waals surface area contributed by atoms with Crippen molar-refractivity contribution in [3.05, 3.63) is 64.7 Å². The van der Waals surface area contributed by atoms with Crippen LogP contribution in [0.3, 0.4) is 0 Å². The van der Waals surface area contributed by atoms with Crippen LogP contribution in [-0.4, -0.2) is 52.7 Å². The number of likely N-dealkylation sites (tertiary alicyclic amines) is 1. The molecule has 2 aromatic rings. The molecule has 0 radical (unpaired) electrons. The van der Waals surface area contributed by atoms with Crippen molar-refractivity contribution in [3.8, 4) is 11.5 Å². The van der Waals surface area contributed by atoms with Gasteiger partial charge >= 0.3 is 0 Å². The topological polar surface area (TPSA) is 96.3 Å². The van der Waals surface area contributed by atoms with E-state index in [-0.39, 0.29) is 36.3 Å². The third-order valence-electron chi connectivity index (χ3n) is 5.50. The van der Waals surface area contributed by atoms with Crippen LogP contribution in [0.1, 0.15) is 36.6 Å². The smallest absolute Gasteiger partial charge is 0.295 e. The first-order valence-electron chi connectivity index (χ1n) is 10.3. The highest BCUT2D eigenvalue weighted by Crippen LogP contribution is 2.40. The third kappa shape index (κ3) is 4.01. The second kappa shape index (κ2) is 8.43. The van der Waals surface area contributed by atoms with Crippen LogP contribution >= 0.6 is 0 Å². The molecule has 7 heteroatoms. The van der Waals surface area contributed by atoms with E-state index in [1.807, 2.05) is 13.8 Å². The van der Waals surface area contributed by atoms with Crippen LogP contribution in [0.15, 0.2) is 48.0 Å². The Bertz CT molecular complexity index is 1040. The molecule has 2 aliphatic heterocycles. The summed E-state index contributed by atoms with van der Waals surface area (Å²) in [7, 11) is 0. The molecule has 31 heavy (non-hydrogen) atoms. The predicted octanol–water partition coefficient (Wildman–Crippen LogP) is 3.17. The number of nitrogens with zero attached hydrogens (tertiary/aromatic N) is 1. The second-order valence-corrected chi connectivity index (χ2v) is 7.92. The number of rotatable bonds is 6. The molecule has 0 bridgehead atoms. The first-order valence-corrected chi connectivity index (χ1v) is 10.3. The van der Waals surface area contributed by atoms with Crippen LogP contribution in [0.25, 0.3) is 5.76 Å². The van der Waals surface area contributed by atoms with Gasteiger partial charge in [0.15, 0.2) is 0 Å². The van der Waals surface area contributed by atoms with Crippen molar-refractivity contribution in [1.82, 2.24) is 4.90 Å². The lowest BCUT2D eigenvalue weighted by Crippen LogP contribution is -2.33. The Morgan fingerprint density at radius 1 is 1.19 bits per heavy atom. The molecule has 2 heterocycles. The van der Waals surface area contributed by atoms with Gasteiger partial charge in [-0.15, -0.1) is 0 Å². The van der Waals surface area contributed by atoms with E-state index in [2.05, 4.69) is 0 Å². The number of carbonyl (C=O) groups excluding carboxylic acids is 2. The van der Waals surface area contributed by atoms with Crippen molar-refractivity contribution in [2.75, 3.05) is 19.8 Å². The minimum absolute atomic E-state index is 0.0161. The number of Topliss-reactive ketones (excluding diaryl/α,β-unsaturated/α-hetero) is 1. The second-order valence-electron chi connectivity index (χ2n) is 7.92. The summed E-state index contributed by atoms with van der Waals surface area (Å²) in [5.41, 5.74) is 2.06. The number of ketones is 1. The number of carbonyl (C=O) groups is 2. The van der Waals surface area contributed by atoms with Gasteiger partial charge in [-0.3, -0.25) is 9.59 Å². The lowest BCUT2D eigenvalue weighted by Gasteiger charge is -2.25. The molecular formula is C24H25NO6. The zero-order chi connectivity index (χ0) is 22.1. The molecule has 4 rings (SSSR count). The Labute approximate surface area is 180 Å². The van der Waals surface area contributed by atoms with Crippen molar-refractivity contribution < 1.29 is 29.3 Å². The normalized spacial score (nSPS) is 19.7. The van der Waals surface area contributed by atoms with E-state index in [9.17, 15) is 19.8 Å². The van der Waals surface area contributed by atoms with Gasteiger partial charge in [0.2, 0.25) is 0 Å². The van der Waals surface area contributed by atoms with E-state index in [1.54, 1.807) is 30.3 Å². The summed E-state index contributed by atoms with van der Waals surface area (Å²) in [6.07, 6.45) is 0.705. The van der Waals surface area contributed by atoms with Gasteiger partial charge in [-0.25, -0.2) is 0 Å². The molecule has 1 atom stereocenters. The summed E-state index contributed by atoms with van der Waals surface area (Å²) < 4.78 is 11.1. The highest BCUT2D eigenvalue weighted by molar-refractivity contribution is 6.46. The highest BCUT2D eigenvalue weighted by Gasteiger charge is 2.46. The number of benzene rings is 2. The summed E-state index contributed by atoms with van der Waals surface area (Å²) in [5, 5.41) is 20.8. The van der Waals surface area contributed by atoms with Crippen LogP contribution in [0.2, 0.25) is 0 Å². The Morgan fingerprint density at radius 2 is 1.94 bits per heavy atom. The Balaban J connectivity index is 1.78. The van der Waals surface area contributed by atoms with Crippen LogP contribution in [0, 0.1) is 0 Å². The van der Waals surface area contributed by atoms with Gasteiger partial charge < -0.3 is 24.6 Å². The molecule has 1 saturated heterocycles. The first-order chi connectivity index (χ1) is 14.9. The summed E-state index contributed by atoms with van der Waals surface area (Å²) in [6.45, 7) is 4.82. The van der Waals surface area contributed by atoms with E-state index >= 15 is 0 Å². The Kier molecular flexibility index (Phi) is 5.69. The fraction of sp³-hybridized carbons (Fsp3) is 0.333. The molecule has 0 spiro atoms. The molecule has 1 fully saturated rings. The summed E-state index contributed by atoms with van der Waals surface area (Å²) >= 11 is 0. The van der Waals surface area contributed by atoms with E-state index in [1.165, 1.54) is 17.0 Å². The minimum Gasteiger partial charge on any atom is -0.508 e. The molecule has 162 valence electrons. The maximum Gasteiger partial charge on any atom is 0.295 e. The molecule has 2 N–H and O–H groups in total. The minimum atomic E-state index is -0.777. The molecule has 2 aliphatic rings. The largest absolute Gasteiger partial charge is 0.508 e. The number of fused-ring (bicyclic) bond motifs is 1. The Hall–Kier alpha value is -3.32. The van der Waals surface area contributed by atoms with Gasteiger partial charge in [0.05, 0.1) is 30.9 Å². The number of hydrogen-bond acceptors (Lipinski definition) is 6. The van der Waals surface area contributed by atoms with Crippen molar-refractivity contribution >= 4 is 17.4 Å². The fourth-order valence-corrected chi connectivity index (χ4v) is 3.99. The van der Waals surface area contributed by atoms with E-state index in [0.29, 0.717) is 17.7 Å². The monoisotopic (exact) mass is 423 g/mol. The van der Waals surface area contributed by atoms with Gasteiger partial charge in [-0.1, -0.05) is 12.1 Å². The molecule has 1 unspecified atom stereocenters. The van der Waals surface area contributed by atoms with Crippen LogP contribution in [-0.2, 0) is 20.7 Å². The number of phenolic OH excluding ortho intramolecular Hbond substituents is 1. The summed E-state index contributed by atoms with van der Waals surface area (Å²) in [4.78, 5) is 27.3. The van der Waals surface area contributed by atoms with Gasteiger partial charge in [0.25, 0.3) is 11.7 Å². The summed E-state index contributed by atoms with van der Waals surface area (Å²) in [6, 6.07) is 10.7. The lowest BCUT2D eigenvalue weighted by atomic mass is 9.94. The van der Waals surface area contributed by atoms with Crippen molar-refractivity contribution in [3.63, 3.8) is 0 Å². The Morgan fingerprint density at radius 3 is 2.65 bits per heavy atom. The maximum atomic E-state index is 13.0. The predicted molar refractivity (Wildman–Crippen MR) is 114 cm³/mol. The zero-order valence-corrected chi connectivity index (χ0v) is 17.5. The average Bonchev–Trinajstić information content (AvgIpc) is 3.31. The molecule has 0 aromatic heterocycles. The first kappa shape index (κ1) is 20.9. The highest BCUT2D eigenvalue weighted by atomic mass is 16.5. The lowest BCUT2D eigenvalue weighted by molar-refractivity contribution is -0.140. The van der Waals surface area contributed by atoms with Crippen LogP contribution < -0.4 is 4.74 Å². The molecule has 1 amide bonds.